The molecule has 3 aromatic rings. The molecule has 0 spiro atoms. The molecule has 5 N–H and O–H groups in total. The van der Waals surface area contributed by atoms with Crippen molar-refractivity contribution in [3.05, 3.63) is 76.8 Å². The number of rotatable bonds is 9. The Balaban J connectivity index is 0.00000324. The Morgan fingerprint density at radius 3 is 2.24 bits per heavy atom. The molecule has 1 fully saturated rings. The van der Waals surface area contributed by atoms with Gasteiger partial charge in [0.15, 0.2) is 0 Å². The maximum Gasteiger partial charge on any atom is 0.138 e. The highest BCUT2D eigenvalue weighted by atomic mass is 35.5. The minimum absolute atomic E-state index is 0. The maximum atomic E-state index is 11.5. The SMILES string of the molecule is CCCCC(C(O)c1ccc2c(Cl)c(OC)ccc2c1)N1CCN(Cc2ccccc2)CC1.Cl.Cl.O.O. The van der Waals surface area contributed by atoms with Gasteiger partial charge in [0.25, 0.3) is 0 Å². The standard InChI is InChI=1S/C28H35ClN2O2.2ClH.2H2O/c1-3-4-10-25(31-17-15-30(16-18-31)20-21-8-6-5-7-9-21)28(32)23-11-13-24-22(19-23)12-14-26(33-2)27(24)29;;;;/h5-9,11-14,19,25,28,32H,3-4,10,15-18,20H2,1-2H3;2*1H;2*1H2. The third-order valence-electron chi connectivity index (χ3n) is 6.85. The number of ether oxygens (including phenoxy) is 1. The second-order valence-corrected chi connectivity index (χ2v) is 9.39. The van der Waals surface area contributed by atoms with Gasteiger partial charge in [-0.3, -0.25) is 9.80 Å². The number of halogens is 3. The van der Waals surface area contributed by atoms with E-state index in [9.17, 15) is 5.11 Å². The molecule has 0 radical (unpaired) electrons. The van der Waals surface area contributed by atoms with E-state index in [1.54, 1.807) is 7.11 Å². The molecule has 3 aromatic carbocycles. The molecule has 9 heteroatoms. The lowest BCUT2D eigenvalue weighted by molar-refractivity contribution is 0.0113. The molecule has 1 aliphatic heterocycles. The Hall–Kier alpha value is -1.61. The fraction of sp³-hybridized carbons (Fsp3) is 0.429. The zero-order valence-electron chi connectivity index (χ0n) is 21.5. The molecule has 6 nitrogen and oxygen atoms in total. The molecule has 0 aliphatic carbocycles. The Kier molecular flexibility index (Phi) is 16.3. The maximum absolute atomic E-state index is 11.5. The van der Waals surface area contributed by atoms with E-state index in [1.807, 2.05) is 24.3 Å². The lowest BCUT2D eigenvalue weighted by Crippen LogP contribution is -2.51. The number of unbranched alkanes of at least 4 members (excludes halogenated alkanes) is 1. The molecule has 1 saturated heterocycles. The van der Waals surface area contributed by atoms with Gasteiger partial charge in [-0.15, -0.1) is 24.8 Å². The Labute approximate surface area is 238 Å². The van der Waals surface area contributed by atoms with Crippen LogP contribution in [0.15, 0.2) is 60.7 Å². The van der Waals surface area contributed by atoms with Crippen LogP contribution < -0.4 is 4.74 Å². The smallest absolute Gasteiger partial charge is 0.138 e. The van der Waals surface area contributed by atoms with Crippen molar-refractivity contribution in [3.63, 3.8) is 0 Å². The summed E-state index contributed by atoms with van der Waals surface area (Å²) < 4.78 is 5.35. The van der Waals surface area contributed by atoms with Gasteiger partial charge in [-0.05, 0) is 35.1 Å². The minimum atomic E-state index is -0.525. The van der Waals surface area contributed by atoms with Crippen molar-refractivity contribution < 1.29 is 20.8 Å². The van der Waals surface area contributed by atoms with Gasteiger partial charge in [0.05, 0.1) is 18.2 Å². The van der Waals surface area contributed by atoms with Gasteiger partial charge in [-0.2, -0.15) is 0 Å². The number of hydrogen-bond acceptors (Lipinski definition) is 4. The average Bonchev–Trinajstić information content (AvgIpc) is 2.86. The first kappa shape index (κ1) is 35.4. The molecule has 0 saturated carbocycles. The number of hydrogen-bond donors (Lipinski definition) is 1. The van der Waals surface area contributed by atoms with Crippen LogP contribution in [-0.4, -0.2) is 65.2 Å². The van der Waals surface area contributed by atoms with E-state index >= 15 is 0 Å². The van der Waals surface area contributed by atoms with Crippen LogP contribution in [0.1, 0.15) is 43.4 Å². The summed E-state index contributed by atoms with van der Waals surface area (Å²) in [5, 5.41) is 14.1. The van der Waals surface area contributed by atoms with Gasteiger partial charge in [-0.1, -0.05) is 79.9 Å². The molecular formula is C28H41Cl3N2O4. The summed E-state index contributed by atoms with van der Waals surface area (Å²) in [7, 11) is 1.63. The van der Waals surface area contributed by atoms with Crippen molar-refractivity contribution in [2.24, 2.45) is 0 Å². The normalized spacial score (nSPS) is 15.4. The summed E-state index contributed by atoms with van der Waals surface area (Å²) in [5.74, 6) is 0.673. The van der Waals surface area contributed by atoms with Crippen molar-refractivity contribution in [2.45, 2.75) is 44.9 Å². The van der Waals surface area contributed by atoms with Gasteiger partial charge >= 0.3 is 0 Å². The molecule has 208 valence electrons. The van der Waals surface area contributed by atoms with Gasteiger partial charge in [0.1, 0.15) is 5.75 Å². The Morgan fingerprint density at radius 1 is 0.946 bits per heavy atom. The first-order valence-electron chi connectivity index (χ1n) is 12.0. The van der Waals surface area contributed by atoms with Crippen LogP contribution in [0.5, 0.6) is 5.75 Å². The van der Waals surface area contributed by atoms with Gasteiger partial charge in [0, 0.05) is 44.2 Å². The summed E-state index contributed by atoms with van der Waals surface area (Å²) in [6, 6.07) is 20.8. The largest absolute Gasteiger partial charge is 0.495 e. The van der Waals surface area contributed by atoms with E-state index in [4.69, 9.17) is 16.3 Å². The number of fused-ring (bicyclic) bond motifs is 1. The van der Waals surface area contributed by atoms with Crippen molar-refractivity contribution in [1.82, 2.24) is 9.80 Å². The highest BCUT2D eigenvalue weighted by Gasteiger charge is 2.30. The van der Waals surface area contributed by atoms with Gasteiger partial charge < -0.3 is 20.8 Å². The third-order valence-corrected chi connectivity index (χ3v) is 7.24. The van der Waals surface area contributed by atoms with Crippen LogP contribution >= 0.6 is 36.4 Å². The van der Waals surface area contributed by atoms with Crippen LogP contribution in [0.4, 0.5) is 0 Å². The van der Waals surface area contributed by atoms with Crippen molar-refractivity contribution in [3.8, 4) is 5.75 Å². The summed E-state index contributed by atoms with van der Waals surface area (Å²) in [6.45, 7) is 7.22. The second-order valence-electron chi connectivity index (χ2n) is 9.01. The van der Waals surface area contributed by atoms with E-state index < -0.39 is 6.10 Å². The molecule has 1 aliphatic rings. The fourth-order valence-corrected chi connectivity index (χ4v) is 5.21. The third kappa shape index (κ3) is 8.70. The average molecular weight is 576 g/mol. The lowest BCUT2D eigenvalue weighted by Gasteiger charge is -2.41. The van der Waals surface area contributed by atoms with Crippen LogP contribution in [0.3, 0.4) is 0 Å². The number of aliphatic hydroxyl groups excluding tert-OH is 1. The Morgan fingerprint density at radius 2 is 1.62 bits per heavy atom. The van der Waals surface area contributed by atoms with E-state index in [2.05, 4.69) is 53.1 Å². The number of aliphatic hydroxyl groups is 1. The summed E-state index contributed by atoms with van der Waals surface area (Å²) in [6.07, 6.45) is 2.72. The van der Waals surface area contributed by atoms with E-state index in [-0.39, 0.29) is 41.8 Å². The van der Waals surface area contributed by atoms with Crippen molar-refractivity contribution >= 4 is 47.2 Å². The van der Waals surface area contributed by atoms with E-state index in [1.165, 1.54) is 5.56 Å². The van der Waals surface area contributed by atoms with Gasteiger partial charge in [0.2, 0.25) is 0 Å². The topological polar surface area (TPSA) is 98.9 Å². The molecule has 0 bridgehead atoms. The highest BCUT2D eigenvalue weighted by molar-refractivity contribution is 6.37. The zero-order valence-corrected chi connectivity index (χ0v) is 23.9. The number of nitrogens with zero attached hydrogens (tertiary/aromatic N) is 2. The number of methoxy groups -OCH3 is 1. The number of piperazine rings is 1. The van der Waals surface area contributed by atoms with Crippen LogP contribution in [0.25, 0.3) is 10.8 Å². The van der Waals surface area contributed by atoms with Crippen LogP contribution in [0, 0.1) is 0 Å². The molecule has 0 amide bonds. The monoisotopic (exact) mass is 574 g/mol. The molecule has 0 aromatic heterocycles. The summed E-state index contributed by atoms with van der Waals surface area (Å²) >= 11 is 6.50. The van der Waals surface area contributed by atoms with Crippen molar-refractivity contribution in [2.75, 3.05) is 33.3 Å². The van der Waals surface area contributed by atoms with Gasteiger partial charge in [-0.25, -0.2) is 0 Å². The zero-order chi connectivity index (χ0) is 23.2. The van der Waals surface area contributed by atoms with E-state index in [0.29, 0.717) is 10.8 Å². The Bertz CT molecular complexity index is 1050. The summed E-state index contributed by atoms with van der Waals surface area (Å²) in [5.41, 5.74) is 2.32. The quantitative estimate of drug-likeness (QED) is 0.383. The minimum Gasteiger partial charge on any atom is -0.495 e. The molecule has 37 heavy (non-hydrogen) atoms. The molecule has 1 heterocycles. The molecule has 4 rings (SSSR count). The first-order chi connectivity index (χ1) is 16.1. The van der Waals surface area contributed by atoms with Crippen molar-refractivity contribution in [1.29, 1.82) is 0 Å². The molecule has 2 atom stereocenters. The predicted octanol–water partition coefficient (Wildman–Crippen LogP) is 5.11. The fourth-order valence-electron chi connectivity index (χ4n) is 4.90. The van der Waals surface area contributed by atoms with Crippen LogP contribution in [0.2, 0.25) is 5.02 Å². The second kappa shape index (κ2) is 17.1. The highest BCUT2D eigenvalue weighted by Crippen LogP contribution is 2.35. The number of benzene rings is 3. The van der Waals surface area contributed by atoms with E-state index in [0.717, 1.165) is 68.3 Å². The molecular weight excluding hydrogens is 535 g/mol. The summed E-state index contributed by atoms with van der Waals surface area (Å²) in [4.78, 5) is 5.01. The lowest BCUT2D eigenvalue weighted by atomic mass is 9.94. The first-order valence-corrected chi connectivity index (χ1v) is 12.4. The molecule has 2 unspecified atom stereocenters. The van der Waals surface area contributed by atoms with Crippen LogP contribution in [-0.2, 0) is 6.54 Å². The predicted molar refractivity (Wildman–Crippen MR) is 159 cm³/mol.